The predicted octanol–water partition coefficient (Wildman–Crippen LogP) is 2.34. The first-order valence-corrected chi connectivity index (χ1v) is 7.53. The highest BCUT2D eigenvalue weighted by Crippen LogP contribution is 2.38. The van der Waals surface area contributed by atoms with Gasteiger partial charge in [-0.1, -0.05) is 30.8 Å². The average molecular weight is 265 g/mol. The van der Waals surface area contributed by atoms with Gasteiger partial charge in [-0.25, -0.2) is 0 Å². The van der Waals surface area contributed by atoms with Crippen molar-refractivity contribution in [3.8, 4) is 0 Å². The molecule has 106 valence electrons. The van der Waals surface area contributed by atoms with Crippen LogP contribution < -0.4 is 5.32 Å². The predicted molar refractivity (Wildman–Crippen MR) is 70.9 cm³/mol. The fraction of sp³-hybridized carbons (Fsp3) is 0.857. The van der Waals surface area contributed by atoms with Crippen LogP contribution in [0.1, 0.15) is 63.1 Å². The van der Waals surface area contributed by atoms with E-state index in [1.807, 2.05) is 6.92 Å². The number of nitrogens with zero attached hydrogens (tertiary/aromatic N) is 2. The Morgan fingerprint density at radius 1 is 1.26 bits per heavy atom. The molecule has 2 aliphatic rings. The largest absolute Gasteiger partial charge is 0.367 e. The highest BCUT2D eigenvalue weighted by atomic mass is 16.5. The summed E-state index contributed by atoms with van der Waals surface area (Å²) in [7, 11) is 0. The van der Waals surface area contributed by atoms with Crippen LogP contribution in [0.3, 0.4) is 0 Å². The molecule has 0 amide bonds. The number of hydrogen-bond donors (Lipinski definition) is 1. The standard InChI is InChI=1S/C14H23N3O2/c1-2-18-14(7-5-3-4-6-8-14)13-16-12(19-17-13)11-9-15-10-11/h11,15H,2-10H2,1H3. The highest BCUT2D eigenvalue weighted by molar-refractivity contribution is 5.07. The molecule has 3 rings (SSSR count). The van der Waals surface area contributed by atoms with Gasteiger partial charge in [-0.15, -0.1) is 0 Å². The first-order chi connectivity index (χ1) is 9.34. The molecule has 0 aromatic carbocycles. The maximum absolute atomic E-state index is 6.08. The van der Waals surface area contributed by atoms with Gasteiger partial charge in [0.15, 0.2) is 0 Å². The molecule has 1 aromatic heterocycles. The molecule has 5 heteroatoms. The van der Waals surface area contributed by atoms with E-state index in [9.17, 15) is 0 Å². The third kappa shape index (κ3) is 2.54. The Morgan fingerprint density at radius 3 is 2.58 bits per heavy atom. The molecule has 0 unspecified atom stereocenters. The van der Waals surface area contributed by atoms with Crippen molar-refractivity contribution in [1.82, 2.24) is 15.5 Å². The number of nitrogens with one attached hydrogen (secondary N) is 1. The zero-order valence-corrected chi connectivity index (χ0v) is 11.7. The number of ether oxygens (including phenoxy) is 1. The average Bonchev–Trinajstić information content (AvgIpc) is 2.69. The summed E-state index contributed by atoms with van der Waals surface area (Å²) in [5.41, 5.74) is -0.301. The Bertz CT molecular complexity index is 407. The zero-order chi connectivity index (χ0) is 13.1. The molecule has 0 radical (unpaired) electrons. The molecular weight excluding hydrogens is 242 g/mol. The van der Waals surface area contributed by atoms with E-state index in [-0.39, 0.29) is 5.60 Å². The molecule has 1 saturated carbocycles. The Kier molecular flexibility index (Phi) is 3.84. The normalized spacial score (nSPS) is 23.8. The summed E-state index contributed by atoms with van der Waals surface area (Å²) in [5, 5.41) is 7.47. The van der Waals surface area contributed by atoms with E-state index in [1.165, 1.54) is 25.7 Å². The van der Waals surface area contributed by atoms with Gasteiger partial charge in [0.25, 0.3) is 0 Å². The van der Waals surface area contributed by atoms with Crippen LogP contribution >= 0.6 is 0 Å². The number of rotatable bonds is 4. The van der Waals surface area contributed by atoms with Gasteiger partial charge >= 0.3 is 0 Å². The van der Waals surface area contributed by atoms with Crippen LogP contribution in [0.5, 0.6) is 0 Å². The Hall–Kier alpha value is -0.940. The summed E-state index contributed by atoms with van der Waals surface area (Å²) in [5.74, 6) is 1.95. The van der Waals surface area contributed by atoms with Gasteiger partial charge in [-0.3, -0.25) is 0 Å². The van der Waals surface area contributed by atoms with E-state index in [0.717, 1.165) is 37.6 Å². The summed E-state index contributed by atoms with van der Waals surface area (Å²) in [6, 6.07) is 0. The molecule has 1 N–H and O–H groups in total. The van der Waals surface area contributed by atoms with Gasteiger partial charge in [0, 0.05) is 19.7 Å². The van der Waals surface area contributed by atoms with Gasteiger partial charge in [0.2, 0.25) is 11.7 Å². The number of hydrogen-bond acceptors (Lipinski definition) is 5. The zero-order valence-electron chi connectivity index (χ0n) is 11.7. The molecule has 19 heavy (non-hydrogen) atoms. The third-order valence-electron chi connectivity index (χ3n) is 4.31. The molecule has 0 atom stereocenters. The van der Waals surface area contributed by atoms with Crippen molar-refractivity contribution >= 4 is 0 Å². The second kappa shape index (κ2) is 5.59. The van der Waals surface area contributed by atoms with Crippen LogP contribution in [0.2, 0.25) is 0 Å². The van der Waals surface area contributed by atoms with Gasteiger partial charge in [0.1, 0.15) is 5.60 Å². The van der Waals surface area contributed by atoms with Gasteiger partial charge < -0.3 is 14.6 Å². The third-order valence-corrected chi connectivity index (χ3v) is 4.31. The van der Waals surface area contributed by atoms with E-state index in [2.05, 4.69) is 15.5 Å². The smallest absolute Gasteiger partial charge is 0.232 e. The Morgan fingerprint density at radius 2 is 2.00 bits per heavy atom. The monoisotopic (exact) mass is 265 g/mol. The van der Waals surface area contributed by atoms with Crippen molar-refractivity contribution in [2.75, 3.05) is 19.7 Å². The minimum absolute atomic E-state index is 0.301. The van der Waals surface area contributed by atoms with E-state index in [4.69, 9.17) is 9.26 Å². The van der Waals surface area contributed by atoms with Crippen molar-refractivity contribution < 1.29 is 9.26 Å². The summed E-state index contributed by atoms with van der Waals surface area (Å²) in [6.07, 6.45) is 6.98. The lowest BCUT2D eigenvalue weighted by Gasteiger charge is -2.29. The van der Waals surface area contributed by atoms with E-state index in [0.29, 0.717) is 12.5 Å². The van der Waals surface area contributed by atoms with Crippen molar-refractivity contribution in [2.45, 2.75) is 57.0 Å². The van der Waals surface area contributed by atoms with Gasteiger partial charge in [-0.2, -0.15) is 4.98 Å². The Labute approximate surface area is 114 Å². The first-order valence-electron chi connectivity index (χ1n) is 7.53. The van der Waals surface area contributed by atoms with Crippen LogP contribution in [0.25, 0.3) is 0 Å². The maximum Gasteiger partial charge on any atom is 0.232 e. The fourth-order valence-electron chi connectivity index (χ4n) is 3.06. The summed E-state index contributed by atoms with van der Waals surface area (Å²) < 4.78 is 11.5. The topological polar surface area (TPSA) is 60.2 Å². The molecule has 2 fully saturated rings. The van der Waals surface area contributed by atoms with Crippen molar-refractivity contribution in [2.24, 2.45) is 0 Å². The minimum atomic E-state index is -0.301. The molecule has 1 saturated heterocycles. The summed E-state index contributed by atoms with van der Waals surface area (Å²) in [4.78, 5) is 4.65. The van der Waals surface area contributed by atoms with Gasteiger partial charge in [0.05, 0.1) is 5.92 Å². The maximum atomic E-state index is 6.08. The molecule has 1 aliphatic carbocycles. The van der Waals surface area contributed by atoms with Crippen molar-refractivity contribution in [3.05, 3.63) is 11.7 Å². The lowest BCUT2D eigenvalue weighted by molar-refractivity contribution is -0.0636. The quantitative estimate of drug-likeness (QED) is 0.847. The summed E-state index contributed by atoms with van der Waals surface area (Å²) >= 11 is 0. The van der Waals surface area contributed by atoms with E-state index < -0.39 is 0 Å². The molecule has 1 aromatic rings. The fourth-order valence-corrected chi connectivity index (χ4v) is 3.06. The van der Waals surface area contributed by atoms with Crippen LogP contribution in [0.4, 0.5) is 0 Å². The van der Waals surface area contributed by atoms with Crippen LogP contribution in [-0.2, 0) is 10.3 Å². The van der Waals surface area contributed by atoms with Crippen LogP contribution in [0.15, 0.2) is 4.52 Å². The second-order valence-corrected chi connectivity index (χ2v) is 5.65. The summed E-state index contributed by atoms with van der Waals surface area (Å²) in [6.45, 7) is 4.64. The SMILES string of the molecule is CCOC1(c2noc(C3CNC3)n2)CCCCCC1. The van der Waals surface area contributed by atoms with E-state index in [1.54, 1.807) is 0 Å². The minimum Gasteiger partial charge on any atom is -0.367 e. The van der Waals surface area contributed by atoms with E-state index >= 15 is 0 Å². The lowest BCUT2D eigenvalue weighted by Crippen LogP contribution is -2.40. The highest BCUT2D eigenvalue weighted by Gasteiger charge is 2.39. The van der Waals surface area contributed by atoms with Crippen molar-refractivity contribution in [1.29, 1.82) is 0 Å². The molecular formula is C14H23N3O2. The number of aromatic nitrogens is 2. The molecule has 1 aliphatic heterocycles. The lowest BCUT2D eigenvalue weighted by atomic mass is 9.93. The Balaban J connectivity index is 1.83. The van der Waals surface area contributed by atoms with Gasteiger partial charge in [-0.05, 0) is 19.8 Å². The molecule has 2 heterocycles. The first kappa shape index (κ1) is 13.1. The van der Waals surface area contributed by atoms with Crippen molar-refractivity contribution in [3.63, 3.8) is 0 Å². The molecule has 0 bridgehead atoms. The van der Waals surface area contributed by atoms with Crippen LogP contribution in [-0.4, -0.2) is 29.8 Å². The second-order valence-electron chi connectivity index (χ2n) is 5.65. The molecule has 5 nitrogen and oxygen atoms in total. The van der Waals surface area contributed by atoms with Crippen LogP contribution in [0, 0.1) is 0 Å². The molecule has 0 spiro atoms.